The van der Waals surface area contributed by atoms with Gasteiger partial charge in [-0.25, -0.2) is 9.48 Å². The Kier molecular flexibility index (Phi) is 7.10. The summed E-state index contributed by atoms with van der Waals surface area (Å²) in [5.41, 5.74) is 1.74. The number of amides is 2. The first-order valence-corrected chi connectivity index (χ1v) is 9.53. The van der Waals surface area contributed by atoms with Gasteiger partial charge in [0, 0.05) is 23.9 Å². The molecule has 0 spiro atoms. The quantitative estimate of drug-likeness (QED) is 0.576. The van der Waals surface area contributed by atoms with Gasteiger partial charge in [0.1, 0.15) is 5.75 Å². The highest BCUT2D eigenvalue weighted by atomic mass is 16.5. The van der Waals surface area contributed by atoms with Crippen molar-refractivity contribution < 1.29 is 19.0 Å². The van der Waals surface area contributed by atoms with Crippen molar-refractivity contribution in [2.75, 3.05) is 33.2 Å². The van der Waals surface area contributed by atoms with Crippen LogP contribution in [0.25, 0.3) is 11.3 Å². The average Bonchev–Trinajstić information content (AvgIpc) is 2.80. The molecule has 162 valence electrons. The van der Waals surface area contributed by atoms with Gasteiger partial charge in [-0.1, -0.05) is 0 Å². The van der Waals surface area contributed by atoms with Crippen molar-refractivity contribution in [3.63, 3.8) is 0 Å². The summed E-state index contributed by atoms with van der Waals surface area (Å²) >= 11 is 0. The van der Waals surface area contributed by atoms with Gasteiger partial charge in [-0.3, -0.25) is 4.79 Å². The molecule has 0 saturated heterocycles. The first-order chi connectivity index (χ1) is 15.0. The topological polar surface area (TPSA) is 104 Å². The Balaban J connectivity index is 1.63. The van der Waals surface area contributed by atoms with Crippen molar-refractivity contribution in [1.29, 1.82) is 0 Å². The van der Waals surface area contributed by atoms with Gasteiger partial charge in [0.2, 0.25) is 0 Å². The summed E-state index contributed by atoms with van der Waals surface area (Å²) in [5, 5.41) is 9.82. The lowest BCUT2D eigenvalue weighted by Crippen LogP contribution is -2.34. The second-order valence-electron chi connectivity index (χ2n) is 6.46. The number of rotatable bonds is 8. The van der Waals surface area contributed by atoms with E-state index in [1.54, 1.807) is 63.8 Å². The summed E-state index contributed by atoms with van der Waals surface area (Å²) < 4.78 is 17.0. The van der Waals surface area contributed by atoms with Gasteiger partial charge in [-0.15, -0.1) is 0 Å². The predicted molar refractivity (Wildman–Crippen MR) is 117 cm³/mol. The highest BCUT2D eigenvalue weighted by Gasteiger charge is 2.09. The van der Waals surface area contributed by atoms with Gasteiger partial charge in [0.05, 0.1) is 33.6 Å². The normalized spacial score (nSPS) is 10.3. The molecule has 0 saturated carbocycles. The molecule has 0 radical (unpaired) electrons. The molecule has 3 rings (SSSR count). The number of hydrogen-bond donors (Lipinski definition) is 2. The zero-order chi connectivity index (χ0) is 22.2. The number of methoxy groups -OCH3 is 3. The van der Waals surface area contributed by atoms with Crippen LogP contribution in [0, 0.1) is 0 Å². The fraction of sp³-hybridized carbons (Fsp3) is 0.227. The number of carbonyl (C=O) groups is 1. The number of nitrogens with one attached hydrogen (secondary N) is 2. The second kappa shape index (κ2) is 10.1. The van der Waals surface area contributed by atoms with Crippen LogP contribution in [0.4, 0.5) is 10.5 Å². The molecule has 31 heavy (non-hydrogen) atoms. The number of urea groups is 1. The molecule has 1 aromatic heterocycles. The Morgan fingerprint density at radius 3 is 2.35 bits per heavy atom. The summed E-state index contributed by atoms with van der Waals surface area (Å²) in [7, 11) is 4.69. The standard InChI is InChI=1S/C22H24N4O5/c1-29-17-7-5-16(6-8-17)24-22(28)23-12-13-26-21(27)11-9-18(25-26)15-4-10-19(30-2)20(14-15)31-3/h4-11,14H,12-13H2,1-3H3,(H2,23,24,28). The number of carbonyl (C=O) groups excluding carboxylic acids is 1. The van der Waals surface area contributed by atoms with Crippen molar-refractivity contribution in [3.05, 3.63) is 65.0 Å². The van der Waals surface area contributed by atoms with E-state index >= 15 is 0 Å². The summed E-state index contributed by atoms with van der Waals surface area (Å²) in [6, 6.07) is 15.1. The van der Waals surface area contributed by atoms with Gasteiger partial charge in [0.25, 0.3) is 5.56 Å². The van der Waals surface area contributed by atoms with E-state index < -0.39 is 0 Å². The molecule has 9 heteroatoms. The molecule has 2 amide bonds. The first kappa shape index (κ1) is 21.7. The van der Waals surface area contributed by atoms with Crippen molar-refractivity contribution in [1.82, 2.24) is 15.1 Å². The fourth-order valence-corrected chi connectivity index (χ4v) is 2.88. The smallest absolute Gasteiger partial charge is 0.319 e. The maximum atomic E-state index is 12.2. The number of benzene rings is 2. The Bertz CT molecular complexity index is 1100. The zero-order valence-corrected chi connectivity index (χ0v) is 17.5. The minimum Gasteiger partial charge on any atom is -0.497 e. The minimum absolute atomic E-state index is 0.218. The second-order valence-corrected chi connectivity index (χ2v) is 6.46. The number of ether oxygens (including phenoxy) is 3. The van der Waals surface area contributed by atoms with Crippen LogP contribution >= 0.6 is 0 Å². The molecule has 0 aliphatic heterocycles. The number of hydrogen-bond acceptors (Lipinski definition) is 6. The third-order valence-corrected chi connectivity index (χ3v) is 4.50. The molecule has 0 fully saturated rings. The Labute approximate surface area is 179 Å². The van der Waals surface area contributed by atoms with Crippen LogP contribution in [0.1, 0.15) is 0 Å². The lowest BCUT2D eigenvalue weighted by atomic mass is 10.1. The van der Waals surface area contributed by atoms with Crippen molar-refractivity contribution in [2.24, 2.45) is 0 Å². The first-order valence-electron chi connectivity index (χ1n) is 9.53. The van der Waals surface area contributed by atoms with Crippen LogP contribution in [0.5, 0.6) is 17.2 Å². The molecule has 2 N–H and O–H groups in total. The molecule has 3 aromatic rings. The van der Waals surface area contributed by atoms with Crippen LogP contribution in [0.15, 0.2) is 59.4 Å². The predicted octanol–water partition coefficient (Wildman–Crippen LogP) is 2.76. The van der Waals surface area contributed by atoms with Gasteiger partial charge >= 0.3 is 6.03 Å². The van der Waals surface area contributed by atoms with Gasteiger partial charge in [-0.05, 0) is 48.5 Å². The van der Waals surface area contributed by atoms with Crippen LogP contribution in [0.3, 0.4) is 0 Å². The molecule has 0 atom stereocenters. The Morgan fingerprint density at radius 2 is 1.68 bits per heavy atom. The van der Waals surface area contributed by atoms with Gasteiger partial charge in [0.15, 0.2) is 11.5 Å². The molecule has 2 aromatic carbocycles. The number of aromatic nitrogens is 2. The summed E-state index contributed by atoms with van der Waals surface area (Å²) in [4.78, 5) is 24.2. The summed E-state index contributed by atoms with van der Waals surface area (Å²) in [6.07, 6.45) is 0. The third kappa shape index (κ3) is 5.53. The molecular formula is C22H24N4O5. The van der Waals surface area contributed by atoms with Crippen molar-refractivity contribution in [3.8, 4) is 28.5 Å². The summed E-state index contributed by atoms with van der Waals surface area (Å²) in [6.45, 7) is 0.445. The number of nitrogens with zero attached hydrogens (tertiary/aromatic N) is 2. The lowest BCUT2D eigenvalue weighted by molar-refractivity contribution is 0.251. The van der Waals surface area contributed by atoms with Crippen LogP contribution < -0.4 is 30.4 Å². The van der Waals surface area contributed by atoms with Gasteiger partial charge in [-0.2, -0.15) is 5.10 Å². The van der Waals surface area contributed by atoms with Crippen LogP contribution in [-0.2, 0) is 6.54 Å². The monoisotopic (exact) mass is 424 g/mol. The number of anilines is 1. The van der Waals surface area contributed by atoms with Crippen LogP contribution in [-0.4, -0.2) is 43.7 Å². The Morgan fingerprint density at radius 1 is 0.935 bits per heavy atom. The molecule has 0 bridgehead atoms. The largest absolute Gasteiger partial charge is 0.497 e. The lowest BCUT2D eigenvalue weighted by Gasteiger charge is -2.11. The zero-order valence-electron chi connectivity index (χ0n) is 17.5. The van der Waals surface area contributed by atoms with E-state index in [2.05, 4.69) is 15.7 Å². The third-order valence-electron chi connectivity index (χ3n) is 4.50. The van der Waals surface area contributed by atoms with E-state index in [0.29, 0.717) is 28.6 Å². The maximum Gasteiger partial charge on any atom is 0.319 e. The SMILES string of the molecule is COc1ccc(NC(=O)NCCn2nc(-c3ccc(OC)c(OC)c3)ccc2=O)cc1. The van der Waals surface area contributed by atoms with E-state index in [4.69, 9.17) is 14.2 Å². The highest BCUT2D eigenvalue weighted by molar-refractivity contribution is 5.89. The molecule has 0 aliphatic rings. The average molecular weight is 424 g/mol. The fourth-order valence-electron chi connectivity index (χ4n) is 2.88. The summed E-state index contributed by atoms with van der Waals surface area (Å²) in [5.74, 6) is 1.87. The molecule has 0 unspecified atom stereocenters. The molecule has 0 aliphatic carbocycles. The molecule has 1 heterocycles. The molecular weight excluding hydrogens is 400 g/mol. The van der Waals surface area contributed by atoms with E-state index in [0.717, 1.165) is 5.56 Å². The van der Waals surface area contributed by atoms with Crippen molar-refractivity contribution in [2.45, 2.75) is 6.54 Å². The maximum absolute atomic E-state index is 12.2. The highest BCUT2D eigenvalue weighted by Crippen LogP contribution is 2.31. The van der Waals surface area contributed by atoms with E-state index in [1.165, 1.54) is 10.7 Å². The van der Waals surface area contributed by atoms with Gasteiger partial charge < -0.3 is 24.8 Å². The van der Waals surface area contributed by atoms with E-state index in [-0.39, 0.29) is 24.7 Å². The van der Waals surface area contributed by atoms with E-state index in [1.807, 2.05) is 6.07 Å². The van der Waals surface area contributed by atoms with Crippen molar-refractivity contribution >= 4 is 11.7 Å². The van der Waals surface area contributed by atoms with Crippen LogP contribution in [0.2, 0.25) is 0 Å². The minimum atomic E-state index is -0.380. The Hall–Kier alpha value is -4.01. The molecule has 9 nitrogen and oxygen atoms in total. The van der Waals surface area contributed by atoms with E-state index in [9.17, 15) is 9.59 Å².